The van der Waals surface area contributed by atoms with Crippen molar-refractivity contribution < 1.29 is 5.11 Å². The first-order valence-electron chi connectivity index (χ1n) is 8.35. The van der Waals surface area contributed by atoms with Crippen LogP contribution in [0.1, 0.15) is 57.1 Å². The van der Waals surface area contributed by atoms with E-state index in [-0.39, 0.29) is 0 Å². The van der Waals surface area contributed by atoms with Crippen LogP contribution in [-0.2, 0) is 0 Å². The molecule has 118 valence electrons. The minimum Gasteiger partial charge on any atom is -0.388 e. The largest absolute Gasteiger partial charge is 0.388 e. The topological polar surface area (TPSA) is 23.5 Å². The summed E-state index contributed by atoms with van der Waals surface area (Å²) in [6.45, 7) is 5.63. The van der Waals surface area contributed by atoms with Gasteiger partial charge in [0.1, 0.15) is 0 Å². The van der Waals surface area contributed by atoms with Gasteiger partial charge in [-0.3, -0.25) is 0 Å². The van der Waals surface area contributed by atoms with Gasteiger partial charge in [-0.15, -0.1) is 0 Å². The SMILES string of the molecule is CCCC1CCCN(CCC(O)c2cccc(Cl)c2)CC1. The van der Waals surface area contributed by atoms with Gasteiger partial charge in [0.2, 0.25) is 0 Å². The van der Waals surface area contributed by atoms with Crippen LogP contribution < -0.4 is 0 Å². The van der Waals surface area contributed by atoms with E-state index in [1.54, 1.807) is 0 Å². The molecule has 1 N–H and O–H groups in total. The van der Waals surface area contributed by atoms with Crippen molar-refractivity contribution >= 4 is 11.6 Å². The highest BCUT2D eigenvalue weighted by molar-refractivity contribution is 6.30. The van der Waals surface area contributed by atoms with E-state index in [0.29, 0.717) is 5.02 Å². The summed E-state index contributed by atoms with van der Waals surface area (Å²) in [5.41, 5.74) is 0.932. The van der Waals surface area contributed by atoms with Gasteiger partial charge in [-0.1, -0.05) is 43.5 Å². The first-order valence-corrected chi connectivity index (χ1v) is 8.72. The zero-order chi connectivity index (χ0) is 15.1. The van der Waals surface area contributed by atoms with E-state index in [1.165, 1.54) is 45.2 Å². The van der Waals surface area contributed by atoms with E-state index in [2.05, 4.69) is 11.8 Å². The van der Waals surface area contributed by atoms with E-state index >= 15 is 0 Å². The lowest BCUT2D eigenvalue weighted by Gasteiger charge is -2.22. The number of benzene rings is 1. The lowest BCUT2D eigenvalue weighted by atomic mass is 9.96. The van der Waals surface area contributed by atoms with Crippen LogP contribution in [0.2, 0.25) is 5.02 Å². The van der Waals surface area contributed by atoms with Crippen molar-refractivity contribution in [1.82, 2.24) is 4.90 Å². The maximum absolute atomic E-state index is 10.3. The number of rotatable bonds is 6. The summed E-state index contributed by atoms with van der Waals surface area (Å²) in [7, 11) is 0. The van der Waals surface area contributed by atoms with E-state index in [1.807, 2.05) is 24.3 Å². The van der Waals surface area contributed by atoms with E-state index in [4.69, 9.17) is 11.6 Å². The van der Waals surface area contributed by atoms with Crippen LogP contribution >= 0.6 is 11.6 Å². The minimum atomic E-state index is -0.404. The molecule has 2 rings (SSSR count). The van der Waals surface area contributed by atoms with E-state index in [9.17, 15) is 5.11 Å². The lowest BCUT2D eigenvalue weighted by molar-refractivity contribution is 0.142. The van der Waals surface area contributed by atoms with Crippen molar-refractivity contribution in [1.29, 1.82) is 0 Å². The highest BCUT2D eigenvalue weighted by atomic mass is 35.5. The van der Waals surface area contributed by atoms with Gasteiger partial charge in [0, 0.05) is 11.6 Å². The van der Waals surface area contributed by atoms with Crippen LogP contribution in [0.3, 0.4) is 0 Å². The molecule has 0 spiro atoms. The Morgan fingerprint density at radius 1 is 1.33 bits per heavy atom. The smallest absolute Gasteiger partial charge is 0.0802 e. The van der Waals surface area contributed by atoms with Gasteiger partial charge in [0.25, 0.3) is 0 Å². The number of halogens is 1. The Bertz CT molecular complexity index is 423. The molecular formula is C18H28ClNO. The zero-order valence-electron chi connectivity index (χ0n) is 13.1. The number of hydrogen-bond donors (Lipinski definition) is 1. The summed E-state index contributed by atoms with van der Waals surface area (Å²) in [5, 5.41) is 11.0. The summed E-state index contributed by atoms with van der Waals surface area (Å²) >= 11 is 5.98. The molecule has 1 fully saturated rings. The van der Waals surface area contributed by atoms with Gasteiger partial charge < -0.3 is 10.0 Å². The molecule has 0 radical (unpaired) electrons. The third-order valence-electron chi connectivity index (χ3n) is 4.59. The second-order valence-corrected chi connectivity index (χ2v) is 6.72. The van der Waals surface area contributed by atoms with Gasteiger partial charge in [0.15, 0.2) is 0 Å². The molecule has 0 saturated carbocycles. The van der Waals surface area contributed by atoms with Crippen molar-refractivity contribution in [2.24, 2.45) is 5.92 Å². The molecule has 1 aromatic rings. The molecule has 1 heterocycles. The summed E-state index contributed by atoms with van der Waals surface area (Å²) < 4.78 is 0. The van der Waals surface area contributed by atoms with Crippen LogP contribution in [0.15, 0.2) is 24.3 Å². The summed E-state index contributed by atoms with van der Waals surface area (Å²) in [6, 6.07) is 7.57. The van der Waals surface area contributed by atoms with Gasteiger partial charge in [-0.2, -0.15) is 0 Å². The minimum absolute atomic E-state index is 0.404. The molecule has 0 aromatic heterocycles. The van der Waals surface area contributed by atoms with Crippen molar-refractivity contribution in [2.75, 3.05) is 19.6 Å². The van der Waals surface area contributed by atoms with E-state index < -0.39 is 6.10 Å². The quantitative estimate of drug-likeness (QED) is 0.825. The third kappa shape index (κ3) is 5.61. The van der Waals surface area contributed by atoms with Crippen LogP contribution in [0.5, 0.6) is 0 Å². The van der Waals surface area contributed by atoms with Gasteiger partial charge in [-0.05, 0) is 62.4 Å². The average molecular weight is 310 g/mol. The fraction of sp³-hybridized carbons (Fsp3) is 0.667. The zero-order valence-corrected chi connectivity index (χ0v) is 13.9. The molecule has 0 amide bonds. The maximum atomic E-state index is 10.3. The molecule has 2 nitrogen and oxygen atoms in total. The van der Waals surface area contributed by atoms with Crippen LogP contribution in [-0.4, -0.2) is 29.6 Å². The van der Waals surface area contributed by atoms with Crippen LogP contribution in [0, 0.1) is 5.92 Å². The summed E-state index contributed by atoms with van der Waals surface area (Å²) in [4.78, 5) is 2.52. The molecule has 3 heteroatoms. The Morgan fingerprint density at radius 2 is 2.19 bits per heavy atom. The second-order valence-electron chi connectivity index (χ2n) is 6.29. The molecule has 0 bridgehead atoms. The first kappa shape index (κ1) is 16.8. The van der Waals surface area contributed by atoms with Gasteiger partial charge in [0.05, 0.1) is 6.10 Å². The lowest BCUT2D eigenvalue weighted by Crippen LogP contribution is -2.27. The standard InChI is InChI=1S/C18H28ClNO/c1-2-5-15-6-4-11-20(12-9-15)13-10-18(21)16-7-3-8-17(19)14-16/h3,7-8,14-15,18,21H,2,4-6,9-13H2,1H3. The number of nitrogens with zero attached hydrogens (tertiary/aromatic N) is 1. The Kier molecular flexibility index (Phi) is 7.01. The van der Waals surface area contributed by atoms with Gasteiger partial charge >= 0.3 is 0 Å². The normalized spacial score (nSPS) is 22.0. The highest BCUT2D eigenvalue weighted by Crippen LogP contribution is 2.24. The fourth-order valence-corrected chi connectivity index (χ4v) is 3.53. The molecule has 2 atom stereocenters. The predicted molar refractivity (Wildman–Crippen MR) is 89.7 cm³/mol. The molecule has 1 aliphatic rings. The first-order chi connectivity index (χ1) is 10.2. The number of likely N-dealkylation sites (tertiary alicyclic amines) is 1. The monoisotopic (exact) mass is 309 g/mol. The second kappa shape index (κ2) is 8.77. The average Bonchev–Trinajstić information content (AvgIpc) is 2.71. The molecule has 1 aliphatic heterocycles. The summed E-state index contributed by atoms with van der Waals surface area (Å²) in [5.74, 6) is 0.915. The maximum Gasteiger partial charge on any atom is 0.0802 e. The number of aliphatic hydroxyl groups is 1. The molecule has 1 aromatic carbocycles. The molecule has 21 heavy (non-hydrogen) atoms. The Balaban J connectivity index is 1.77. The van der Waals surface area contributed by atoms with Crippen LogP contribution in [0.4, 0.5) is 0 Å². The Labute approximate surface area is 134 Å². The Hall–Kier alpha value is -0.570. The number of aliphatic hydroxyl groups excluding tert-OH is 1. The third-order valence-corrected chi connectivity index (χ3v) is 4.82. The molecule has 1 saturated heterocycles. The van der Waals surface area contributed by atoms with Crippen molar-refractivity contribution in [3.8, 4) is 0 Å². The molecule has 0 aliphatic carbocycles. The fourth-order valence-electron chi connectivity index (χ4n) is 3.33. The van der Waals surface area contributed by atoms with Crippen molar-refractivity contribution in [2.45, 2.75) is 51.6 Å². The van der Waals surface area contributed by atoms with Gasteiger partial charge in [-0.25, -0.2) is 0 Å². The predicted octanol–water partition coefficient (Wildman–Crippen LogP) is 4.67. The highest BCUT2D eigenvalue weighted by Gasteiger charge is 2.17. The number of hydrogen-bond acceptors (Lipinski definition) is 2. The molecule has 2 unspecified atom stereocenters. The van der Waals surface area contributed by atoms with Crippen molar-refractivity contribution in [3.05, 3.63) is 34.9 Å². The van der Waals surface area contributed by atoms with Crippen LogP contribution in [0.25, 0.3) is 0 Å². The van der Waals surface area contributed by atoms with E-state index in [0.717, 1.165) is 24.4 Å². The molecular weight excluding hydrogens is 282 g/mol. The van der Waals surface area contributed by atoms with Crippen molar-refractivity contribution in [3.63, 3.8) is 0 Å². The Morgan fingerprint density at radius 3 is 2.95 bits per heavy atom. The summed E-state index contributed by atoms with van der Waals surface area (Å²) in [6.07, 6.45) is 7.06.